The lowest BCUT2D eigenvalue weighted by Crippen LogP contribution is -2.44. The molecule has 0 bridgehead atoms. The zero-order chi connectivity index (χ0) is 27.5. The monoisotopic (exact) mass is 537 g/mol. The van der Waals surface area contributed by atoms with Crippen LogP contribution in [0.4, 0.5) is 10.6 Å². The molecule has 3 amide bonds. The van der Waals surface area contributed by atoms with Crippen LogP contribution >= 0.6 is 0 Å². The molecule has 39 heavy (non-hydrogen) atoms. The number of hydrogen-bond acceptors (Lipinski definition) is 11. The first kappa shape index (κ1) is 25.2. The summed E-state index contributed by atoms with van der Waals surface area (Å²) in [6.07, 6.45) is -0.112. The predicted octanol–water partition coefficient (Wildman–Crippen LogP) is 1.37. The van der Waals surface area contributed by atoms with Gasteiger partial charge in [-0.2, -0.15) is 0 Å². The van der Waals surface area contributed by atoms with Crippen LogP contribution in [0.3, 0.4) is 0 Å². The standard InChI is InChI=1S/C25H27N7O7/c1-25(2)38-17-15(37-23(18(17)39-25)31-11-30-16-19(26)28-10-29-20(16)31)9-12(7-8-36-24(27)35)32-21(33)13-5-3-4-6-14(13)22(32)34/h3-6,10-12,15,17-18,23H,7-9H2,1-2H3,(H2,27,35)(H2,26,28,29)/t12?,15-,17-,18-,23-/m1/s1. The predicted molar refractivity (Wildman–Crippen MR) is 133 cm³/mol. The summed E-state index contributed by atoms with van der Waals surface area (Å²) >= 11 is 0. The molecule has 3 aromatic rings. The van der Waals surface area contributed by atoms with Crippen LogP contribution in [0.1, 0.15) is 53.6 Å². The minimum Gasteiger partial charge on any atom is -0.450 e. The van der Waals surface area contributed by atoms with Gasteiger partial charge >= 0.3 is 6.09 Å². The Hall–Kier alpha value is -4.14. The van der Waals surface area contributed by atoms with Gasteiger partial charge < -0.3 is 30.4 Å². The summed E-state index contributed by atoms with van der Waals surface area (Å²) in [6.45, 7) is 3.50. The van der Waals surface area contributed by atoms with Crippen molar-refractivity contribution in [2.45, 2.75) is 63.1 Å². The second kappa shape index (κ2) is 9.25. The fourth-order valence-electron chi connectivity index (χ4n) is 5.58. The average molecular weight is 538 g/mol. The van der Waals surface area contributed by atoms with Gasteiger partial charge in [0.1, 0.15) is 24.1 Å². The summed E-state index contributed by atoms with van der Waals surface area (Å²) in [4.78, 5) is 51.7. The van der Waals surface area contributed by atoms with E-state index in [1.54, 1.807) is 49.0 Å². The Balaban J connectivity index is 1.32. The summed E-state index contributed by atoms with van der Waals surface area (Å²) < 4.78 is 25.6. The van der Waals surface area contributed by atoms with Crippen LogP contribution in [0.2, 0.25) is 0 Å². The molecule has 5 heterocycles. The maximum atomic E-state index is 13.3. The van der Waals surface area contributed by atoms with E-state index in [1.165, 1.54) is 11.2 Å². The maximum Gasteiger partial charge on any atom is 0.404 e. The molecule has 2 fully saturated rings. The minimum atomic E-state index is -0.948. The molecule has 14 nitrogen and oxygen atoms in total. The Morgan fingerprint density at radius 2 is 1.79 bits per heavy atom. The van der Waals surface area contributed by atoms with Crippen LogP contribution in [-0.2, 0) is 18.9 Å². The van der Waals surface area contributed by atoms with Crippen molar-refractivity contribution in [1.82, 2.24) is 24.4 Å². The van der Waals surface area contributed by atoms with Gasteiger partial charge in [0.25, 0.3) is 11.8 Å². The highest BCUT2D eigenvalue weighted by molar-refractivity contribution is 6.21. The van der Waals surface area contributed by atoms with E-state index >= 15 is 0 Å². The molecule has 3 aliphatic rings. The number of hydrogen-bond donors (Lipinski definition) is 2. The first-order valence-corrected chi connectivity index (χ1v) is 12.5. The van der Waals surface area contributed by atoms with Crippen molar-refractivity contribution in [1.29, 1.82) is 0 Å². The van der Waals surface area contributed by atoms with E-state index in [0.29, 0.717) is 22.3 Å². The van der Waals surface area contributed by atoms with Crippen LogP contribution in [-0.4, -0.2) is 79.1 Å². The third kappa shape index (κ3) is 4.26. The van der Waals surface area contributed by atoms with Crippen molar-refractivity contribution < 1.29 is 33.3 Å². The van der Waals surface area contributed by atoms with E-state index in [2.05, 4.69) is 15.0 Å². The number of nitrogen functional groups attached to an aromatic ring is 1. The molecule has 4 N–H and O–H groups in total. The quantitative estimate of drug-likeness (QED) is 0.414. The summed E-state index contributed by atoms with van der Waals surface area (Å²) in [6, 6.07) is 5.93. The highest BCUT2D eigenvalue weighted by Gasteiger charge is 2.57. The highest BCUT2D eigenvalue weighted by Crippen LogP contribution is 2.45. The molecule has 2 aromatic heterocycles. The number of ether oxygens (including phenoxy) is 4. The summed E-state index contributed by atoms with van der Waals surface area (Å²) in [5.74, 6) is -1.54. The first-order chi connectivity index (χ1) is 18.6. The largest absolute Gasteiger partial charge is 0.450 e. The molecule has 1 aromatic carbocycles. The number of primary amides is 1. The van der Waals surface area contributed by atoms with Gasteiger partial charge in [-0.15, -0.1) is 0 Å². The Morgan fingerprint density at radius 1 is 1.10 bits per heavy atom. The van der Waals surface area contributed by atoms with E-state index in [4.69, 9.17) is 30.4 Å². The maximum absolute atomic E-state index is 13.3. The number of anilines is 1. The fourth-order valence-corrected chi connectivity index (χ4v) is 5.58. The van der Waals surface area contributed by atoms with Crippen molar-refractivity contribution in [3.63, 3.8) is 0 Å². The number of imidazole rings is 1. The number of benzene rings is 1. The topological polar surface area (TPSA) is 187 Å². The lowest BCUT2D eigenvalue weighted by Gasteiger charge is -2.30. The average Bonchev–Trinajstić information content (AvgIpc) is 3.60. The Bertz CT molecular complexity index is 1440. The Morgan fingerprint density at radius 3 is 2.49 bits per heavy atom. The number of nitrogens with zero attached hydrogens (tertiary/aromatic N) is 5. The SMILES string of the molecule is CC1(C)O[C@@H]2[C@H](O1)[C@@H](CC(CCOC(N)=O)N1C(=O)c3ccccc3C1=O)O[C@H]2n1cnc2c(N)ncnc21. The number of nitrogens with two attached hydrogens (primary N) is 2. The smallest absolute Gasteiger partial charge is 0.404 e. The highest BCUT2D eigenvalue weighted by atomic mass is 16.8. The third-order valence-electron chi connectivity index (χ3n) is 7.18. The van der Waals surface area contributed by atoms with Crippen LogP contribution in [0.5, 0.6) is 0 Å². The molecule has 5 atom stereocenters. The molecule has 3 aliphatic heterocycles. The number of aromatic nitrogens is 4. The molecule has 2 saturated heterocycles. The van der Waals surface area contributed by atoms with Gasteiger partial charge in [-0.1, -0.05) is 12.1 Å². The minimum absolute atomic E-state index is 0.0944. The van der Waals surface area contributed by atoms with Gasteiger partial charge in [0.15, 0.2) is 23.5 Å². The fraction of sp³-hybridized carbons (Fsp3) is 0.440. The second-order valence-corrected chi connectivity index (χ2v) is 10.1. The van der Waals surface area contributed by atoms with E-state index in [9.17, 15) is 14.4 Å². The van der Waals surface area contributed by atoms with E-state index in [1.807, 2.05) is 0 Å². The van der Waals surface area contributed by atoms with Crippen LogP contribution in [0.25, 0.3) is 11.2 Å². The Kier molecular flexibility index (Phi) is 5.97. The third-order valence-corrected chi connectivity index (χ3v) is 7.18. The van der Waals surface area contributed by atoms with Crippen LogP contribution < -0.4 is 11.5 Å². The lowest BCUT2D eigenvalue weighted by molar-refractivity contribution is -0.198. The number of carbonyl (C=O) groups is 3. The van der Waals surface area contributed by atoms with Crippen LogP contribution in [0.15, 0.2) is 36.9 Å². The molecule has 0 saturated carbocycles. The molecule has 1 unspecified atom stereocenters. The molecular weight excluding hydrogens is 510 g/mol. The number of imide groups is 1. The lowest BCUT2D eigenvalue weighted by atomic mass is 9.99. The van der Waals surface area contributed by atoms with E-state index in [-0.39, 0.29) is 25.3 Å². The zero-order valence-corrected chi connectivity index (χ0v) is 21.2. The normalized spacial score (nSPS) is 26.2. The van der Waals surface area contributed by atoms with Crippen molar-refractivity contribution in [2.75, 3.05) is 12.3 Å². The molecule has 6 rings (SSSR count). The molecule has 0 spiro atoms. The molecule has 14 heteroatoms. The number of fused-ring (bicyclic) bond motifs is 3. The van der Waals surface area contributed by atoms with Crippen LogP contribution in [0, 0.1) is 0 Å². The summed E-state index contributed by atoms with van der Waals surface area (Å²) in [5.41, 5.74) is 12.6. The number of amides is 3. The second-order valence-electron chi connectivity index (χ2n) is 10.1. The molecule has 204 valence electrons. The van der Waals surface area contributed by atoms with Gasteiger partial charge in [0.2, 0.25) is 0 Å². The van der Waals surface area contributed by atoms with Gasteiger partial charge in [-0.05, 0) is 32.4 Å². The van der Waals surface area contributed by atoms with Crippen molar-refractivity contribution in [3.8, 4) is 0 Å². The summed E-state index contributed by atoms with van der Waals surface area (Å²) in [7, 11) is 0. The molecule has 0 aliphatic carbocycles. The van der Waals surface area contributed by atoms with Gasteiger partial charge in [0.05, 0.1) is 30.2 Å². The number of rotatable bonds is 7. The zero-order valence-electron chi connectivity index (χ0n) is 21.2. The van der Waals surface area contributed by atoms with E-state index in [0.717, 1.165) is 0 Å². The van der Waals surface area contributed by atoms with E-state index < -0.39 is 54.3 Å². The van der Waals surface area contributed by atoms with Crippen molar-refractivity contribution >= 4 is 34.9 Å². The summed E-state index contributed by atoms with van der Waals surface area (Å²) in [5, 5.41) is 0. The first-order valence-electron chi connectivity index (χ1n) is 12.5. The Labute approximate surface area is 222 Å². The van der Waals surface area contributed by atoms with Gasteiger partial charge in [0, 0.05) is 12.5 Å². The van der Waals surface area contributed by atoms with Gasteiger partial charge in [-0.3, -0.25) is 19.1 Å². The van der Waals surface area contributed by atoms with Crippen molar-refractivity contribution in [2.24, 2.45) is 5.73 Å². The van der Waals surface area contributed by atoms with Crippen molar-refractivity contribution in [3.05, 3.63) is 48.0 Å². The number of carbonyl (C=O) groups excluding carboxylic acids is 3. The molecular formula is C25H27N7O7. The van der Waals surface area contributed by atoms with Gasteiger partial charge in [-0.25, -0.2) is 19.7 Å². The molecule has 0 radical (unpaired) electrons.